The Kier molecular flexibility index (Phi) is 7.70. The number of halogens is 3. The molecule has 192 valence electrons. The van der Waals surface area contributed by atoms with E-state index in [1.807, 2.05) is 10.8 Å². The Bertz CT molecular complexity index is 1020. The Morgan fingerprint density at radius 3 is 2.57 bits per heavy atom. The predicted octanol–water partition coefficient (Wildman–Crippen LogP) is 4.01. The molecular weight excluding hydrogens is 461 g/mol. The van der Waals surface area contributed by atoms with Gasteiger partial charge in [-0.1, -0.05) is 12.1 Å². The van der Waals surface area contributed by atoms with Crippen LogP contribution in [0.25, 0.3) is 0 Å². The third kappa shape index (κ3) is 5.98. The third-order valence-corrected chi connectivity index (χ3v) is 7.12. The normalized spacial score (nSPS) is 22.0. The lowest BCUT2D eigenvalue weighted by atomic mass is 9.82. The highest BCUT2D eigenvalue weighted by Crippen LogP contribution is 2.39. The van der Waals surface area contributed by atoms with Gasteiger partial charge in [-0.2, -0.15) is 13.2 Å². The zero-order valence-corrected chi connectivity index (χ0v) is 20.2. The van der Waals surface area contributed by atoms with Gasteiger partial charge >= 0.3 is 12.2 Å². The van der Waals surface area contributed by atoms with Gasteiger partial charge in [0.25, 0.3) is 0 Å². The van der Waals surface area contributed by atoms with Crippen LogP contribution in [0.2, 0.25) is 0 Å². The molecule has 1 aromatic heterocycles. The fourth-order valence-electron chi connectivity index (χ4n) is 5.07. The Hall–Kier alpha value is -2.59. The van der Waals surface area contributed by atoms with Gasteiger partial charge in [0.2, 0.25) is 0 Å². The number of alkyl halides is 3. The number of carbonyl (C=O) groups is 1. The van der Waals surface area contributed by atoms with E-state index in [-0.39, 0.29) is 23.4 Å². The highest BCUT2D eigenvalue weighted by molar-refractivity contribution is 5.75. The molecule has 2 unspecified atom stereocenters. The number of aryl methyl sites for hydroxylation is 1. The van der Waals surface area contributed by atoms with Crippen molar-refractivity contribution in [3.05, 3.63) is 53.1 Å². The summed E-state index contributed by atoms with van der Waals surface area (Å²) in [6, 6.07) is 4.36. The number of urea groups is 1. The van der Waals surface area contributed by atoms with Crippen LogP contribution in [0.3, 0.4) is 0 Å². The van der Waals surface area contributed by atoms with E-state index < -0.39 is 17.8 Å². The van der Waals surface area contributed by atoms with Crippen molar-refractivity contribution in [1.29, 1.82) is 0 Å². The van der Waals surface area contributed by atoms with Gasteiger partial charge < -0.3 is 24.2 Å². The molecule has 4 rings (SSSR count). The topological polar surface area (TPSA) is 70.8 Å². The molecule has 2 amide bonds. The number of ether oxygens (including phenoxy) is 1. The van der Waals surface area contributed by atoms with Crippen LogP contribution < -0.4 is 0 Å². The third-order valence-electron chi connectivity index (χ3n) is 7.12. The predicted molar refractivity (Wildman–Crippen MR) is 124 cm³/mol. The summed E-state index contributed by atoms with van der Waals surface area (Å²) in [5.41, 5.74) is 0.952. The molecule has 1 aromatic carbocycles. The first-order valence-electron chi connectivity index (χ1n) is 12.1. The number of hydrogen-bond donors (Lipinski definition) is 1. The standard InChI is InChI=1S/C25H33F3N4O3/c1-17-3-4-18(12-22(17)25(26,27)28)19-11-20(23-15-30(16-29-23)9-10-35-2)14-32(13-19)24(34)31-7-5-21(33)6-8-31/h3-4,12,15-16,19-21,33H,5-11,13-14H2,1-2H3. The van der Waals surface area contributed by atoms with Gasteiger partial charge in [-0.25, -0.2) is 9.78 Å². The average molecular weight is 495 g/mol. The minimum atomic E-state index is -4.43. The van der Waals surface area contributed by atoms with Crippen molar-refractivity contribution in [2.24, 2.45) is 0 Å². The molecule has 0 aliphatic carbocycles. The lowest BCUT2D eigenvalue weighted by Gasteiger charge is -2.41. The highest BCUT2D eigenvalue weighted by Gasteiger charge is 2.37. The van der Waals surface area contributed by atoms with Crippen LogP contribution in [-0.4, -0.2) is 76.5 Å². The first-order chi connectivity index (χ1) is 16.7. The first kappa shape index (κ1) is 25.5. The molecule has 2 fully saturated rings. The van der Waals surface area contributed by atoms with E-state index in [0.717, 1.165) is 5.69 Å². The number of piperidine rings is 2. The number of aromatic nitrogens is 2. The maximum atomic E-state index is 13.6. The van der Waals surface area contributed by atoms with Gasteiger partial charge in [0, 0.05) is 57.9 Å². The number of aliphatic hydroxyl groups is 1. The molecule has 0 bridgehead atoms. The summed E-state index contributed by atoms with van der Waals surface area (Å²) in [6.07, 6.45) is 0.492. The maximum Gasteiger partial charge on any atom is 0.416 e. The second kappa shape index (κ2) is 10.6. The number of carbonyl (C=O) groups excluding carboxylic acids is 1. The van der Waals surface area contributed by atoms with Gasteiger partial charge in [0.15, 0.2) is 0 Å². The summed E-state index contributed by atoms with van der Waals surface area (Å²) in [5.74, 6) is -0.355. The van der Waals surface area contributed by atoms with E-state index in [1.54, 1.807) is 29.3 Å². The largest absolute Gasteiger partial charge is 0.416 e. The Morgan fingerprint density at radius 2 is 1.89 bits per heavy atom. The second-order valence-corrected chi connectivity index (χ2v) is 9.64. The highest BCUT2D eigenvalue weighted by atomic mass is 19.4. The van der Waals surface area contributed by atoms with Gasteiger partial charge in [0.05, 0.1) is 30.3 Å². The zero-order chi connectivity index (χ0) is 25.2. The van der Waals surface area contributed by atoms with Crippen LogP contribution in [0.5, 0.6) is 0 Å². The molecule has 35 heavy (non-hydrogen) atoms. The van der Waals surface area contributed by atoms with Crippen LogP contribution in [-0.2, 0) is 17.5 Å². The van der Waals surface area contributed by atoms with E-state index >= 15 is 0 Å². The van der Waals surface area contributed by atoms with Gasteiger partial charge in [-0.05, 0) is 43.4 Å². The summed E-state index contributed by atoms with van der Waals surface area (Å²) in [7, 11) is 1.63. The van der Waals surface area contributed by atoms with Crippen LogP contribution in [0.15, 0.2) is 30.7 Å². The fraction of sp³-hybridized carbons (Fsp3) is 0.600. The van der Waals surface area contributed by atoms with Crippen molar-refractivity contribution in [2.75, 3.05) is 39.9 Å². The van der Waals surface area contributed by atoms with E-state index in [2.05, 4.69) is 4.98 Å². The molecule has 2 atom stereocenters. The van der Waals surface area contributed by atoms with Crippen molar-refractivity contribution in [1.82, 2.24) is 19.4 Å². The van der Waals surface area contributed by atoms with Crippen molar-refractivity contribution in [2.45, 2.75) is 56.8 Å². The Morgan fingerprint density at radius 1 is 1.17 bits per heavy atom. The maximum absolute atomic E-state index is 13.6. The second-order valence-electron chi connectivity index (χ2n) is 9.64. The number of hydrogen-bond acceptors (Lipinski definition) is 4. The number of likely N-dealkylation sites (tertiary alicyclic amines) is 2. The summed E-state index contributed by atoms with van der Waals surface area (Å²) in [4.78, 5) is 21.4. The molecule has 2 aromatic rings. The molecule has 0 spiro atoms. The lowest BCUT2D eigenvalue weighted by Crippen LogP contribution is -2.51. The summed E-state index contributed by atoms with van der Waals surface area (Å²) < 4.78 is 47.9. The molecule has 10 heteroatoms. The van der Waals surface area contributed by atoms with Crippen molar-refractivity contribution < 1.29 is 27.8 Å². The van der Waals surface area contributed by atoms with Gasteiger partial charge in [0.1, 0.15) is 0 Å². The average Bonchev–Trinajstić information content (AvgIpc) is 3.31. The van der Waals surface area contributed by atoms with Crippen molar-refractivity contribution in [3.8, 4) is 0 Å². The van der Waals surface area contributed by atoms with Crippen LogP contribution in [0.1, 0.15) is 53.5 Å². The SMILES string of the molecule is COCCn1cnc(C2CC(c3ccc(C)c(C(F)(F)F)c3)CN(C(=O)N3CCC(O)CC3)C2)c1. The summed E-state index contributed by atoms with van der Waals surface area (Å²) in [5, 5.41) is 9.82. The quantitative estimate of drug-likeness (QED) is 0.682. The minimum Gasteiger partial charge on any atom is -0.393 e. The molecule has 1 N–H and O–H groups in total. The van der Waals surface area contributed by atoms with E-state index in [1.165, 1.54) is 19.1 Å². The van der Waals surface area contributed by atoms with Crippen LogP contribution in [0, 0.1) is 6.92 Å². The van der Waals surface area contributed by atoms with E-state index in [4.69, 9.17) is 4.74 Å². The number of imidazole rings is 1. The van der Waals surface area contributed by atoms with E-state index in [9.17, 15) is 23.1 Å². The summed E-state index contributed by atoms with van der Waals surface area (Å²) >= 11 is 0. The molecule has 2 aliphatic rings. The Labute approximate surface area is 203 Å². The molecule has 0 saturated carbocycles. The first-order valence-corrected chi connectivity index (χ1v) is 12.1. The molecule has 0 radical (unpaired) electrons. The van der Waals surface area contributed by atoms with Crippen molar-refractivity contribution in [3.63, 3.8) is 0 Å². The molecular formula is C25H33F3N4O3. The molecule has 7 nitrogen and oxygen atoms in total. The number of aliphatic hydroxyl groups excluding tert-OH is 1. The number of rotatable bonds is 5. The van der Waals surface area contributed by atoms with E-state index in [0.29, 0.717) is 64.2 Å². The minimum absolute atomic E-state index is 0.104. The smallest absolute Gasteiger partial charge is 0.393 e. The number of methoxy groups -OCH3 is 1. The molecule has 2 saturated heterocycles. The summed E-state index contributed by atoms with van der Waals surface area (Å²) in [6.45, 7) is 4.39. The van der Waals surface area contributed by atoms with Crippen molar-refractivity contribution >= 4 is 6.03 Å². The van der Waals surface area contributed by atoms with Gasteiger partial charge in [-0.15, -0.1) is 0 Å². The lowest BCUT2D eigenvalue weighted by molar-refractivity contribution is -0.138. The molecule has 3 heterocycles. The fourth-order valence-corrected chi connectivity index (χ4v) is 5.07. The van der Waals surface area contributed by atoms with Crippen LogP contribution >= 0.6 is 0 Å². The van der Waals surface area contributed by atoms with Crippen LogP contribution in [0.4, 0.5) is 18.0 Å². The number of nitrogens with zero attached hydrogens (tertiary/aromatic N) is 4. The zero-order valence-electron chi connectivity index (χ0n) is 20.2. The molecule has 2 aliphatic heterocycles. The number of benzene rings is 1. The monoisotopic (exact) mass is 494 g/mol. The number of amides is 2. The van der Waals surface area contributed by atoms with Gasteiger partial charge in [-0.3, -0.25) is 0 Å². The Balaban J connectivity index is 1.61.